The Morgan fingerprint density at radius 3 is 2.65 bits per heavy atom. The number of carbonyl (C=O) groups is 1. The summed E-state index contributed by atoms with van der Waals surface area (Å²) in [6.45, 7) is 0. The van der Waals surface area contributed by atoms with Gasteiger partial charge >= 0.3 is 0 Å². The van der Waals surface area contributed by atoms with Crippen molar-refractivity contribution in [2.24, 2.45) is 4.99 Å². The van der Waals surface area contributed by atoms with Crippen molar-refractivity contribution in [3.8, 4) is 5.75 Å². The van der Waals surface area contributed by atoms with Crippen LogP contribution in [0.15, 0.2) is 62.9 Å². The number of hydrogen-bond donors (Lipinski definition) is 1. The third kappa shape index (κ3) is 3.83. The van der Waals surface area contributed by atoms with Gasteiger partial charge in [0, 0.05) is 4.47 Å². The molecule has 0 saturated carbocycles. The summed E-state index contributed by atoms with van der Waals surface area (Å²) in [5, 5.41) is 3.32. The predicted molar refractivity (Wildman–Crippen MR) is 97.9 cm³/mol. The number of amidine groups is 1. The van der Waals surface area contributed by atoms with Crippen LogP contribution in [0, 0.1) is 0 Å². The van der Waals surface area contributed by atoms with E-state index in [2.05, 4.69) is 26.2 Å². The highest BCUT2D eigenvalue weighted by Crippen LogP contribution is 2.31. The SMILES string of the molecule is COc1ccccc1N=C1NC(=O)C(=Cc2ccc(Br)cc2)S1. The minimum absolute atomic E-state index is 0.147. The van der Waals surface area contributed by atoms with E-state index in [1.807, 2.05) is 54.6 Å². The molecule has 0 bridgehead atoms. The highest BCUT2D eigenvalue weighted by atomic mass is 79.9. The fraction of sp³-hybridized carbons (Fsp3) is 0.0588. The number of methoxy groups -OCH3 is 1. The molecule has 1 heterocycles. The Morgan fingerprint density at radius 2 is 1.91 bits per heavy atom. The summed E-state index contributed by atoms with van der Waals surface area (Å²) in [6, 6.07) is 15.2. The highest BCUT2D eigenvalue weighted by Gasteiger charge is 2.24. The third-order valence-electron chi connectivity index (χ3n) is 3.13. The van der Waals surface area contributed by atoms with E-state index in [-0.39, 0.29) is 5.91 Å². The maximum absolute atomic E-state index is 12.1. The van der Waals surface area contributed by atoms with E-state index >= 15 is 0 Å². The minimum Gasteiger partial charge on any atom is -0.494 e. The molecule has 0 radical (unpaired) electrons. The molecule has 23 heavy (non-hydrogen) atoms. The number of rotatable bonds is 3. The lowest BCUT2D eigenvalue weighted by Crippen LogP contribution is -2.19. The Balaban J connectivity index is 1.84. The molecule has 1 N–H and O–H groups in total. The van der Waals surface area contributed by atoms with Gasteiger partial charge in [0.15, 0.2) is 5.17 Å². The van der Waals surface area contributed by atoms with E-state index in [0.717, 1.165) is 10.0 Å². The topological polar surface area (TPSA) is 50.7 Å². The molecule has 0 spiro atoms. The second kappa shape index (κ2) is 7.02. The van der Waals surface area contributed by atoms with Gasteiger partial charge in [-0.1, -0.05) is 40.2 Å². The molecule has 3 rings (SSSR count). The zero-order chi connectivity index (χ0) is 16.2. The van der Waals surface area contributed by atoms with E-state index in [4.69, 9.17) is 4.74 Å². The second-order valence-electron chi connectivity index (χ2n) is 4.71. The molecule has 1 amide bonds. The monoisotopic (exact) mass is 388 g/mol. The lowest BCUT2D eigenvalue weighted by atomic mass is 10.2. The fourth-order valence-electron chi connectivity index (χ4n) is 2.02. The molecule has 0 aromatic heterocycles. The van der Waals surface area contributed by atoms with Gasteiger partial charge in [0.2, 0.25) is 0 Å². The van der Waals surface area contributed by atoms with Crippen molar-refractivity contribution in [1.29, 1.82) is 0 Å². The molecule has 1 saturated heterocycles. The molecule has 1 aliphatic rings. The van der Waals surface area contributed by atoms with Crippen molar-refractivity contribution in [1.82, 2.24) is 5.32 Å². The van der Waals surface area contributed by atoms with Gasteiger partial charge in [-0.15, -0.1) is 0 Å². The summed E-state index contributed by atoms with van der Waals surface area (Å²) in [4.78, 5) is 17.2. The highest BCUT2D eigenvalue weighted by molar-refractivity contribution is 9.10. The van der Waals surface area contributed by atoms with E-state index in [1.54, 1.807) is 7.11 Å². The Labute approximate surface area is 146 Å². The predicted octanol–water partition coefficient (Wildman–Crippen LogP) is 4.35. The normalized spacial score (nSPS) is 17.6. The summed E-state index contributed by atoms with van der Waals surface area (Å²) >= 11 is 4.71. The van der Waals surface area contributed by atoms with Crippen molar-refractivity contribution in [3.63, 3.8) is 0 Å². The van der Waals surface area contributed by atoms with E-state index in [0.29, 0.717) is 21.5 Å². The van der Waals surface area contributed by atoms with Gasteiger partial charge in [-0.3, -0.25) is 4.79 Å². The van der Waals surface area contributed by atoms with Crippen molar-refractivity contribution in [2.45, 2.75) is 0 Å². The Bertz CT molecular complexity index is 800. The van der Waals surface area contributed by atoms with Crippen LogP contribution < -0.4 is 10.1 Å². The molecule has 2 aromatic carbocycles. The molecular formula is C17H13BrN2O2S. The maximum Gasteiger partial charge on any atom is 0.264 e. The molecular weight excluding hydrogens is 376 g/mol. The van der Waals surface area contributed by atoms with Crippen LogP contribution >= 0.6 is 27.7 Å². The van der Waals surface area contributed by atoms with Gasteiger partial charge < -0.3 is 10.1 Å². The molecule has 0 aliphatic carbocycles. The van der Waals surface area contributed by atoms with Gasteiger partial charge in [0.1, 0.15) is 11.4 Å². The quantitative estimate of drug-likeness (QED) is 0.795. The second-order valence-corrected chi connectivity index (χ2v) is 6.65. The van der Waals surface area contributed by atoms with Crippen molar-refractivity contribution in [3.05, 3.63) is 63.5 Å². The lowest BCUT2D eigenvalue weighted by molar-refractivity contribution is -0.115. The molecule has 116 valence electrons. The first-order valence-electron chi connectivity index (χ1n) is 6.84. The number of carbonyl (C=O) groups excluding carboxylic acids is 1. The largest absolute Gasteiger partial charge is 0.494 e. The van der Waals surface area contributed by atoms with Crippen LogP contribution in [0.5, 0.6) is 5.75 Å². The summed E-state index contributed by atoms with van der Waals surface area (Å²) in [6.07, 6.45) is 1.84. The number of ether oxygens (including phenoxy) is 1. The van der Waals surface area contributed by atoms with E-state index in [1.165, 1.54) is 11.8 Å². The smallest absolute Gasteiger partial charge is 0.264 e. The van der Waals surface area contributed by atoms with Gasteiger partial charge in [-0.2, -0.15) is 0 Å². The van der Waals surface area contributed by atoms with Crippen LogP contribution in [0.2, 0.25) is 0 Å². The van der Waals surface area contributed by atoms with Crippen LogP contribution in [0.3, 0.4) is 0 Å². The van der Waals surface area contributed by atoms with E-state index < -0.39 is 0 Å². The van der Waals surface area contributed by atoms with Crippen LogP contribution in [0.25, 0.3) is 6.08 Å². The first-order chi connectivity index (χ1) is 11.2. The van der Waals surface area contributed by atoms with Crippen molar-refractivity contribution < 1.29 is 9.53 Å². The van der Waals surface area contributed by atoms with Crippen molar-refractivity contribution >= 4 is 50.5 Å². The van der Waals surface area contributed by atoms with Gasteiger partial charge in [-0.05, 0) is 47.7 Å². The Hall–Kier alpha value is -2.05. The number of aliphatic imine (C=N–C) groups is 1. The molecule has 4 nitrogen and oxygen atoms in total. The Morgan fingerprint density at radius 1 is 1.17 bits per heavy atom. The summed E-state index contributed by atoms with van der Waals surface area (Å²) in [5.74, 6) is 0.520. The number of thioether (sulfide) groups is 1. The molecule has 1 fully saturated rings. The van der Waals surface area contributed by atoms with Crippen LogP contribution in [-0.4, -0.2) is 18.2 Å². The number of nitrogens with zero attached hydrogens (tertiary/aromatic N) is 1. The number of para-hydroxylation sites is 2. The zero-order valence-electron chi connectivity index (χ0n) is 12.2. The van der Waals surface area contributed by atoms with Gasteiger partial charge in [-0.25, -0.2) is 4.99 Å². The minimum atomic E-state index is -0.147. The summed E-state index contributed by atoms with van der Waals surface area (Å²) < 4.78 is 6.27. The molecule has 6 heteroatoms. The fourth-order valence-corrected chi connectivity index (χ4v) is 3.12. The first-order valence-corrected chi connectivity index (χ1v) is 8.45. The zero-order valence-corrected chi connectivity index (χ0v) is 14.6. The average molecular weight is 389 g/mol. The maximum atomic E-state index is 12.1. The molecule has 0 atom stereocenters. The average Bonchev–Trinajstić information content (AvgIpc) is 2.89. The molecule has 1 aliphatic heterocycles. The lowest BCUT2D eigenvalue weighted by Gasteiger charge is -2.03. The van der Waals surface area contributed by atoms with Gasteiger partial charge in [0.05, 0.1) is 12.0 Å². The standard InChI is InChI=1S/C17H13BrN2O2S/c1-22-14-5-3-2-4-13(14)19-17-20-16(21)15(23-17)10-11-6-8-12(18)9-7-11/h2-10H,1H3,(H,19,20,21). The number of amides is 1. The Kier molecular flexibility index (Phi) is 4.83. The number of halogens is 1. The number of benzene rings is 2. The number of nitrogens with one attached hydrogen (secondary N) is 1. The summed E-state index contributed by atoms with van der Waals surface area (Å²) in [5.41, 5.74) is 1.65. The molecule has 2 aromatic rings. The first kappa shape index (κ1) is 15.8. The van der Waals surface area contributed by atoms with Crippen LogP contribution in [-0.2, 0) is 4.79 Å². The van der Waals surface area contributed by atoms with Gasteiger partial charge in [0.25, 0.3) is 5.91 Å². The molecule has 0 unspecified atom stereocenters. The number of hydrogen-bond acceptors (Lipinski definition) is 4. The van der Waals surface area contributed by atoms with Crippen molar-refractivity contribution in [2.75, 3.05) is 7.11 Å². The van der Waals surface area contributed by atoms with E-state index in [9.17, 15) is 4.79 Å². The van der Waals surface area contributed by atoms with Crippen LogP contribution in [0.4, 0.5) is 5.69 Å². The third-order valence-corrected chi connectivity index (χ3v) is 4.56. The summed E-state index contributed by atoms with van der Waals surface area (Å²) in [7, 11) is 1.60. The van der Waals surface area contributed by atoms with Crippen LogP contribution in [0.1, 0.15) is 5.56 Å².